The monoisotopic (exact) mass is 327 g/mol. The molecule has 2 rings (SSSR count). The highest BCUT2D eigenvalue weighted by Gasteiger charge is 2.11. The van der Waals surface area contributed by atoms with Gasteiger partial charge in [-0.1, -0.05) is 42.4 Å². The van der Waals surface area contributed by atoms with Crippen molar-refractivity contribution in [1.82, 2.24) is 14.8 Å². The van der Waals surface area contributed by atoms with Gasteiger partial charge in [0.05, 0.1) is 11.6 Å². The van der Waals surface area contributed by atoms with E-state index in [9.17, 15) is 5.11 Å². The Morgan fingerprint density at radius 1 is 1.33 bits per heavy atom. The second kappa shape index (κ2) is 8.26. The van der Waals surface area contributed by atoms with E-state index in [1.807, 2.05) is 22.8 Å². The fourth-order valence-corrected chi connectivity index (χ4v) is 2.83. The fourth-order valence-electron chi connectivity index (χ4n) is 1.84. The number of aromatic nitrogens is 3. The molecule has 1 heterocycles. The van der Waals surface area contributed by atoms with Crippen molar-refractivity contribution in [3.8, 4) is 5.75 Å². The molecule has 0 aliphatic heterocycles. The van der Waals surface area contributed by atoms with Crippen LogP contribution in [0.1, 0.15) is 19.2 Å². The molecule has 0 saturated carbocycles. The zero-order valence-corrected chi connectivity index (χ0v) is 13.4. The number of aliphatic hydroxyl groups excluding tert-OH is 1. The summed E-state index contributed by atoms with van der Waals surface area (Å²) in [6.45, 7) is 3.32. The molecule has 0 amide bonds. The summed E-state index contributed by atoms with van der Waals surface area (Å²) in [7, 11) is 0. The van der Waals surface area contributed by atoms with Crippen molar-refractivity contribution in [2.75, 3.05) is 12.4 Å². The molecule has 7 heteroatoms. The third-order valence-corrected chi connectivity index (χ3v) is 4.03. The highest BCUT2D eigenvalue weighted by atomic mass is 35.5. The number of hydrogen-bond acceptors (Lipinski definition) is 5. The van der Waals surface area contributed by atoms with Crippen LogP contribution in [-0.4, -0.2) is 32.2 Å². The van der Waals surface area contributed by atoms with Gasteiger partial charge in [0.2, 0.25) is 0 Å². The van der Waals surface area contributed by atoms with Crippen LogP contribution in [0, 0.1) is 0 Å². The number of para-hydroxylation sites is 1. The Kier molecular flexibility index (Phi) is 6.35. The van der Waals surface area contributed by atoms with Crippen molar-refractivity contribution in [3.05, 3.63) is 35.1 Å². The largest absolute Gasteiger partial charge is 0.491 e. The first-order valence-corrected chi connectivity index (χ1v) is 8.15. The average molecular weight is 328 g/mol. The van der Waals surface area contributed by atoms with E-state index in [4.69, 9.17) is 16.3 Å². The van der Waals surface area contributed by atoms with Crippen molar-refractivity contribution in [1.29, 1.82) is 0 Å². The molecule has 21 heavy (non-hydrogen) atoms. The quantitative estimate of drug-likeness (QED) is 0.596. The lowest BCUT2D eigenvalue weighted by Gasteiger charge is -2.09. The van der Waals surface area contributed by atoms with Crippen molar-refractivity contribution < 1.29 is 9.84 Å². The molecule has 0 radical (unpaired) electrons. The van der Waals surface area contributed by atoms with Crippen molar-refractivity contribution >= 4 is 23.4 Å². The molecule has 0 fully saturated rings. The summed E-state index contributed by atoms with van der Waals surface area (Å²) in [5, 5.41) is 18.7. The zero-order chi connectivity index (χ0) is 15.1. The number of benzene rings is 1. The number of thioether (sulfide) groups is 1. The number of aliphatic hydroxyl groups is 1. The van der Waals surface area contributed by atoms with Crippen molar-refractivity contribution in [3.63, 3.8) is 0 Å². The minimum atomic E-state index is -0.0936. The van der Waals surface area contributed by atoms with Gasteiger partial charge < -0.3 is 14.4 Å². The van der Waals surface area contributed by atoms with E-state index < -0.39 is 0 Å². The molecule has 1 N–H and O–H groups in total. The van der Waals surface area contributed by atoms with Gasteiger partial charge in [-0.15, -0.1) is 10.2 Å². The molecule has 0 aliphatic rings. The van der Waals surface area contributed by atoms with Gasteiger partial charge in [0.25, 0.3) is 0 Å². The lowest BCUT2D eigenvalue weighted by molar-refractivity contribution is 0.263. The molecule has 0 bridgehead atoms. The van der Waals surface area contributed by atoms with Crippen LogP contribution in [0.25, 0.3) is 0 Å². The maximum atomic E-state index is 9.24. The smallest absolute Gasteiger partial charge is 0.191 e. The Balaban J connectivity index is 1.86. The highest BCUT2D eigenvalue weighted by Crippen LogP contribution is 2.24. The normalized spacial score (nSPS) is 10.8. The number of halogens is 1. The second-order valence-electron chi connectivity index (χ2n) is 4.34. The van der Waals surface area contributed by atoms with Crippen molar-refractivity contribution in [2.24, 2.45) is 0 Å². The Morgan fingerprint density at radius 3 is 2.86 bits per heavy atom. The van der Waals surface area contributed by atoms with Gasteiger partial charge >= 0.3 is 0 Å². The molecular formula is C14H18ClN3O2S. The van der Waals surface area contributed by atoms with Gasteiger partial charge in [-0.25, -0.2) is 0 Å². The van der Waals surface area contributed by atoms with Crippen LogP contribution >= 0.6 is 23.4 Å². The summed E-state index contributed by atoms with van der Waals surface area (Å²) in [4.78, 5) is 0. The summed E-state index contributed by atoms with van der Waals surface area (Å²) in [5.74, 6) is 2.02. The SMILES string of the molecule is CCCn1c(CO)nnc1SCCOc1ccccc1Cl. The van der Waals surface area contributed by atoms with Crippen LogP contribution in [0.2, 0.25) is 5.02 Å². The van der Waals surface area contributed by atoms with E-state index in [0.717, 1.165) is 23.9 Å². The predicted octanol–water partition coefficient (Wildman–Crippen LogP) is 3.00. The number of hydrogen-bond donors (Lipinski definition) is 1. The molecule has 114 valence electrons. The molecule has 0 saturated heterocycles. The first-order valence-electron chi connectivity index (χ1n) is 6.79. The predicted molar refractivity (Wildman–Crippen MR) is 83.9 cm³/mol. The number of ether oxygens (including phenoxy) is 1. The number of rotatable bonds is 8. The van der Waals surface area contributed by atoms with E-state index >= 15 is 0 Å². The van der Waals surface area contributed by atoms with Crippen LogP contribution in [0.4, 0.5) is 0 Å². The third kappa shape index (κ3) is 4.36. The van der Waals surface area contributed by atoms with Gasteiger partial charge in [-0.2, -0.15) is 0 Å². The fraction of sp³-hybridized carbons (Fsp3) is 0.429. The Labute approximate surface area is 133 Å². The lowest BCUT2D eigenvalue weighted by atomic mass is 10.3. The minimum Gasteiger partial charge on any atom is -0.491 e. The molecule has 5 nitrogen and oxygen atoms in total. The molecular weight excluding hydrogens is 310 g/mol. The van der Waals surface area contributed by atoms with Gasteiger partial charge in [0.1, 0.15) is 12.4 Å². The van der Waals surface area contributed by atoms with E-state index in [0.29, 0.717) is 23.2 Å². The van der Waals surface area contributed by atoms with E-state index in [-0.39, 0.29) is 6.61 Å². The van der Waals surface area contributed by atoms with E-state index in [1.54, 1.807) is 17.8 Å². The third-order valence-electron chi connectivity index (χ3n) is 2.79. The minimum absolute atomic E-state index is 0.0936. The average Bonchev–Trinajstić information content (AvgIpc) is 2.88. The van der Waals surface area contributed by atoms with Crippen molar-refractivity contribution in [2.45, 2.75) is 31.7 Å². The molecule has 0 atom stereocenters. The zero-order valence-electron chi connectivity index (χ0n) is 11.8. The lowest BCUT2D eigenvalue weighted by Crippen LogP contribution is -2.06. The molecule has 0 spiro atoms. The molecule has 1 aromatic carbocycles. The van der Waals surface area contributed by atoms with E-state index in [2.05, 4.69) is 17.1 Å². The molecule has 1 aromatic heterocycles. The van der Waals surface area contributed by atoms with Gasteiger partial charge in [0, 0.05) is 12.3 Å². The topological polar surface area (TPSA) is 60.2 Å². The van der Waals surface area contributed by atoms with Gasteiger partial charge in [0.15, 0.2) is 11.0 Å². The van der Waals surface area contributed by atoms with Crippen LogP contribution < -0.4 is 4.74 Å². The molecule has 0 unspecified atom stereocenters. The van der Waals surface area contributed by atoms with Gasteiger partial charge in [-0.3, -0.25) is 0 Å². The second-order valence-corrected chi connectivity index (χ2v) is 5.81. The Morgan fingerprint density at radius 2 is 2.14 bits per heavy atom. The summed E-state index contributed by atoms with van der Waals surface area (Å²) in [6.07, 6.45) is 0.967. The maximum Gasteiger partial charge on any atom is 0.191 e. The Bertz CT molecular complexity index is 577. The van der Waals surface area contributed by atoms with Crippen LogP contribution in [-0.2, 0) is 13.2 Å². The highest BCUT2D eigenvalue weighted by molar-refractivity contribution is 7.99. The summed E-state index contributed by atoms with van der Waals surface area (Å²) < 4.78 is 7.58. The van der Waals surface area contributed by atoms with Crippen LogP contribution in [0.15, 0.2) is 29.4 Å². The summed E-state index contributed by atoms with van der Waals surface area (Å²) in [5.41, 5.74) is 0. The summed E-state index contributed by atoms with van der Waals surface area (Å²) >= 11 is 7.58. The number of nitrogens with zero attached hydrogens (tertiary/aromatic N) is 3. The first-order chi connectivity index (χ1) is 10.3. The van der Waals surface area contributed by atoms with Gasteiger partial charge in [-0.05, 0) is 18.6 Å². The standard InChI is InChI=1S/C14H18ClN3O2S/c1-2-7-18-13(10-19)16-17-14(18)21-9-8-20-12-6-4-3-5-11(12)15/h3-6,19H,2,7-10H2,1H3. The first kappa shape index (κ1) is 16.1. The van der Waals surface area contributed by atoms with Crippen LogP contribution in [0.3, 0.4) is 0 Å². The maximum absolute atomic E-state index is 9.24. The molecule has 2 aromatic rings. The molecule has 0 aliphatic carbocycles. The Hall–Kier alpha value is -1.24. The van der Waals surface area contributed by atoms with E-state index in [1.165, 1.54) is 0 Å². The van der Waals surface area contributed by atoms with Crippen LogP contribution in [0.5, 0.6) is 5.75 Å². The summed E-state index contributed by atoms with van der Waals surface area (Å²) in [6, 6.07) is 7.40.